The molecule has 0 radical (unpaired) electrons. The average molecular weight is 297 g/mol. The number of primary amides is 1. The van der Waals surface area contributed by atoms with Crippen LogP contribution in [0.5, 0.6) is 0 Å². The molecule has 0 bridgehead atoms. The molecule has 3 heteroatoms. The number of nitrogens with two attached hydrogens (primary N) is 1. The van der Waals surface area contributed by atoms with Gasteiger partial charge in [0.25, 0.3) is 0 Å². The molecule has 0 saturated carbocycles. The fraction of sp³-hybridized carbons (Fsp3) is 0.833. The minimum atomic E-state index is -0.189. The highest BCUT2D eigenvalue weighted by molar-refractivity contribution is 5.73. The summed E-state index contributed by atoms with van der Waals surface area (Å²) in [5.74, 6) is -0.189. The van der Waals surface area contributed by atoms with E-state index in [-0.39, 0.29) is 12.0 Å². The van der Waals surface area contributed by atoms with Gasteiger partial charge in [-0.25, -0.2) is 0 Å². The van der Waals surface area contributed by atoms with Crippen molar-refractivity contribution in [1.82, 2.24) is 0 Å². The van der Waals surface area contributed by atoms with Gasteiger partial charge in [0.05, 0.1) is 6.10 Å². The Balaban J connectivity index is 3.26. The fourth-order valence-corrected chi connectivity index (χ4v) is 2.39. The molecule has 1 atom stereocenters. The first-order valence-corrected chi connectivity index (χ1v) is 8.78. The first kappa shape index (κ1) is 20.2. The maximum absolute atomic E-state index is 10.6. The maximum Gasteiger partial charge on any atom is 0.217 e. The van der Waals surface area contributed by atoms with Gasteiger partial charge in [-0.1, -0.05) is 64.0 Å². The van der Waals surface area contributed by atoms with Crippen LogP contribution in [0.4, 0.5) is 0 Å². The average Bonchev–Trinajstić information content (AvgIpc) is 2.45. The molecule has 0 fully saturated rings. The van der Waals surface area contributed by atoms with Crippen LogP contribution in [0.25, 0.3) is 0 Å². The molecule has 1 amide bonds. The number of unbranched alkanes of at least 4 members (excludes halogenated alkanes) is 8. The molecule has 0 aromatic carbocycles. The predicted octanol–water partition coefficient (Wildman–Crippen LogP) is 4.48. The van der Waals surface area contributed by atoms with E-state index >= 15 is 0 Å². The lowest BCUT2D eigenvalue weighted by molar-refractivity contribution is -0.118. The van der Waals surface area contributed by atoms with Gasteiger partial charge in [-0.2, -0.15) is 0 Å². The molecule has 0 rings (SSSR count). The molecule has 3 N–H and O–H groups in total. The number of aliphatic hydroxyl groups is 1. The number of allylic oxidation sites excluding steroid dienone is 1. The lowest BCUT2D eigenvalue weighted by atomic mass is 10.1. The van der Waals surface area contributed by atoms with E-state index in [4.69, 9.17) is 5.73 Å². The molecule has 3 nitrogen and oxygen atoms in total. The van der Waals surface area contributed by atoms with Crippen LogP contribution < -0.4 is 5.73 Å². The summed E-state index contributed by atoms with van der Waals surface area (Å²) in [5, 5.41) is 9.80. The van der Waals surface area contributed by atoms with E-state index in [0.29, 0.717) is 6.42 Å². The third-order valence-corrected chi connectivity index (χ3v) is 3.76. The third kappa shape index (κ3) is 17.1. The van der Waals surface area contributed by atoms with Crippen LogP contribution in [0.2, 0.25) is 0 Å². The molecule has 1 unspecified atom stereocenters. The molecule has 0 heterocycles. The highest BCUT2D eigenvalue weighted by atomic mass is 16.3. The van der Waals surface area contributed by atoms with Gasteiger partial charge in [-0.3, -0.25) is 4.79 Å². The van der Waals surface area contributed by atoms with Gasteiger partial charge in [0.15, 0.2) is 0 Å². The highest BCUT2D eigenvalue weighted by Gasteiger charge is 2.00. The molecule has 0 aromatic rings. The van der Waals surface area contributed by atoms with E-state index in [0.717, 1.165) is 38.5 Å². The van der Waals surface area contributed by atoms with Crippen molar-refractivity contribution < 1.29 is 9.90 Å². The van der Waals surface area contributed by atoms with Gasteiger partial charge in [-0.15, -0.1) is 0 Å². The molecule has 124 valence electrons. The second kappa shape index (κ2) is 15.6. The van der Waals surface area contributed by atoms with E-state index < -0.39 is 0 Å². The van der Waals surface area contributed by atoms with Crippen molar-refractivity contribution >= 4 is 5.91 Å². The largest absolute Gasteiger partial charge is 0.393 e. The zero-order chi connectivity index (χ0) is 15.8. The van der Waals surface area contributed by atoms with Gasteiger partial charge in [0.1, 0.15) is 0 Å². The second-order valence-electron chi connectivity index (χ2n) is 5.98. The smallest absolute Gasteiger partial charge is 0.217 e. The highest BCUT2D eigenvalue weighted by Crippen LogP contribution is 2.10. The number of hydrogen-bond acceptors (Lipinski definition) is 2. The van der Waals surface area contributed by atoms with Crippen molar-refractivity contribution in [3.05, 3.63) is 12.2 Å². The molecule has 21 heavy (non-hydrogen) atoms. The van der Waals surface area contributed by atoms with Gasteiger partial charge < -0.3 is 10.8 Å². The van der Waals surface area contributed by atoms with Crippen LogP contribution in [0, 0.1) is 0 Å². The molecule has 0 aromatic heterocycles. The van der Waals surface area contributed by atoms with Crippen molar-refractivity contribution in [2.75, 3.05) is 0 Å². The van der Waals surface area contributed by atoms with Crippen molar-refractivity contribution in [2.45, 2.75) is 96.5 Å². The fourth-order valence-electron chi connectivity index (χ4n) is 2.39. The minimum absolute atomic E-state index is 0.160. The quantitative estimate of drug-likeness (QED) is 0.346. The first-order chi connectivity index (χ1) is 10.2. The first-order valence-electron chi connectivity index (χ1n) is 8.78. The van der Waals surface area contributed by atoms with Gasteiger partial charge in [0.2, 0.25) is 5.91 Å². The molecular weight excluding hydrogens is 262 g/mol. The van der Waals surface area contributed by atoms with Gasteiger partial charge in [0, 0.05) is 6.42 Å². The van der Waals surface area contributed by atoms with Crippen molar-refractivity contribution in [2.24, 2.45) is 5.73 Å². The summed E-state index contributed by atoms with van der Waals surface area (Å²) in [6.45, 7) is 2.21. The van der Waals surface area contributed by atoms with Gasteiger partial charge >= 0.3 is 0 Å². The Morgan fingerprint density at radius 2 is 1.67 bits per heavy atom. The van der Waals surface area contributed by atoms with Crippen LogP contribution in [-0.4, -0.2) is 17.1 Å². The van der Waals surface area contributed by atoms with E-state index in [1.54, 1.807) is 0 Å². The summed E-state index contributed by atoms with van der Waals surface area (Å²) < 4.78 is 0. The number of hydrogen-bond donors (Lipinski definition) is 2. The van der Waals surface area contributed by atoms with Crippen molar-refractivity contribution in [3.63, 3.8) is 0 Å². The summed E-state index contributed by atoms with van der Waals surface area (Å²) in [5.41, 5.74) is 5.09. The van der Waals surface area contributed by atoms with E-state index in [2.05, 4.69) is 19.1 Å². The minimum Gasteiger partial charge on any atom is -0.393 e. The zero-order valence-electron chi connectivity index (χ0n) is 13.9. The third-order valence-electron chi connectivity index (χ3n) is 3.76. The second-order valence-corrected chi connectivity index (χ2v) is 5.98. The van der Waals surface area contributed by atoms with Gasteiger partial charge in [-0.05, 0) is 32.1 Å². The SMILES string of the molecule is CCCCCCC(O)C/C=C/CCCCCCCC(N)=O. The number of carbonyl (C=O) groups is 1. The van der Waals surface area contributed by atoms with Crippen LogP contribution in [0.15, 0.2) is 12.2 Å². The topological polar surface area (TPSA) is 63.3 Å². The summed E-state index contributed by atoms with van der Waals surface area (Å²) in [6, 6.07) is 0. The Morgan fingerprint density at radius 3 is 2.38 bits per heavy atom. The normalized spacial score (nSPS) is 12.9. The molecule has 0 spiro atoms. The van der Waals surface area contributed by atoms with Crippen LogP contribution in [0.1, 0.15) is 90.4 Å². The monoisotopic (exact) mass is 297 g/mol. The van der Waals surface area contributed by atoms with E-state index in [9.17, 15) is 9.90 Å². The Kier molecular flexibility index (Phi) is 14.9. The Morgan fingerprint density at radius 1 is 1.00 bits per heavy atom. The molecule has 0 aliphatic rings. The molecular formula is C18H35NO2. The number of carbonyl (C=O) groups excluding carboxylic acids is 1. The number of aliphatic hydroxyl groups excluding tert-OH is 1. The molecule has 0 aliphatic heterocycles. The Labute approximate surface area is 131 Å². The number of amides is 1. The summed E-state index contributed by atoms with van der Waals surface area (Å²) in [7, 11) is 0. The van der Waals surface area contributed by atoms with Crippen LogP contribution in [0.3, 0.4) is 0 Å². The van der Waals surface area contributed by atoms with E-state index in [1.165, 1.54) is 38.5 Å². The zero-order valence-corrected chi connectivity index (χ0v) is 13.9. The van der Waals surface area contributed by atoms with Crippen molar-refractivity contribution in [1.29, 1.82) is 0 Å². The lowest BCUT2D eigenvalue weighted by Crippen LogP contribution is -2.09. The lowest BCUT2D eigenvalue weighted by Gasteiger charge is -2.07. The standard InChI is InChI=1S/C18H35NO2/c1-2-3-4-11-14-17(20)15-12-9-7-5-6-8-10-13-16-18(19)21/h9,12,17,20H,2-8,10-11,13-16H2,1H3,(H2,19,21)/b12-9+. The Hall–Kier alpha value is -0.830. The molecule has 0 aliphatic carbocycles. The van der Waals surface area contributed by atoms with Crippen molar-refractivity contribution in [3.8, 4) is 0 Å². The Bertz CT molecular complexity index is 264. The number of rotatable bonds is 15. The summed E-state index contributed by atoms with van der Waals surface area (Å²) in [6.07, 6.45) is 18.0. The van der Waals surface area contributed by atoms with E-state index in [1.807, 2.05) is 0 Å². The molecule has 0 saturated heterocycles. The predicted molar refractivity (Wildman–Crippen MR) is 90.0 cm³/mol. The summed E-state index contributed by atoms with van der Waals surface area (Å²) >= 11 is 0. The summed E-state index contributed by atoms with van der Waals surface area (Å²) in [4.78, 5) is 10.6. The van der Waals surface area contributed by atoms with Crippen LogP contribution >= 0.6 is 0 Å². The maximum atomic E-state index is 10.6. The van der Waals surface area contributed by atoms with Crippen LogP contribution in [-0.2, 0) is 4.79 Å².